The molecule has 0 spiro atoms. The lowest BCUT2D eigenvalue weighted by Gasteiger charge is -1.95. The minimum Gasteiger partial charge on any atom is -0.275 e. The Morgan fingerprint density at radius 2 is 2.43 bits per heavy atom. The zero-order valence-corrected chi connectivity index (χ0v) is 5.45. The molecule has 0 aliphatic rings. The van der Waals surface area contributed by atoms with Crippen LogP contribution in [0.3, 0.4) is 0 Å². The first-order valence-corrected chi connectivity index (χ1v) is 3.35. The summed E-state index contributed by atoms with van der Waals surface area (Å²) in [6.07, 6.45) is 1.75. The molecule has 1 nitrogen and oxygen atoms in total. The van der Waals surface area contributed by atoms with Crippen LogP contribution in [0.2, 0.25) is 0 Å². The van der Waals surface area contributed by atoms with Gasteiger partial charge in [0, 0.05) is 5.66 Å². The molecule has 0 heterocycles. The van der Waals surface area contributed by atoms with Gasteiger partial charge in [0.2, 0.25) is 0 Å². The van der Waals surface area contributed by atoms with Crippen molar-refractivity contribution in [2.45, 2.75) is 25.4 Å². The largest absolute Gasteiger partial charge is 0.275 e. The molecule has 0 saturated heterocycles. The summed E-state index contributed by atoms with van der Waals surface area (Å²) in [7, 11) is 0.247. The van der Waals surface area contributed by atoms with Crippen LogP contribution >= 0.6 is 8.46 Å². The fraction of sp³-hybridized carbons (Fsp3) is 0.800. The van der Waals surface area contributed by atoms with Crippen molar-refractivity contribution in [2.24, 2.45) is 0 Å². The number of hydrogen-bond donors (Lipinski definition) is 0. The average Bonchev–Trinajstić information content (AvgIpc) is 1.72. The van der Waals surface area contributed by atoms with E-state index in [1.54, 1.807) is 0 Å². The highest BCUT2D eigenvalue weighted by atomic mass is 31.1. The maximum absolute atomic E-state index is 10.0. The molecule has 0 aliphatic heterocycles. The van der Waals surface area contributed by atoms with Gasteiger partial charge in [-0.15, -0.1) is 0 Å². The van der Waals surface area contributed by atoms with Crippen molar-refractivity contribution in [1.82, 2.24) is 0 Å². The Morgan fingerprint density at radius 1 is 1.86 bits per heavy atom. The highest BCUT2D eigenvalue weighted by Gasteiger charge is 1.98. The first kappa shape index (κ1) is 7.10. The van der Waals surface area contributed by atoms with Gasteiger partial charge in [-0.05, 0) is 12.8 Å². The minimum absolute atomic E-state index is 0.247. The van der Waals surface area contributed by atoms with Crippen LogP contribution in [0.25, 0.3) is 0 Å². The number of hydrogen-bond acceptors (Lipinski definition) is 1. The van der Waals surface area contributed by atoms with Crippen LogP contribution in [-0.4, -0.2) is 5.66 Å². The quantitative estimate of drug-likeness (QED) is 0.518. The first-order valence-electron chi connectivity index (χ1n) is 2.46. The minimum atomic E-state index is 0.247. The van der Waals surface area contributed by atoms with Crippen molar-refractivity contribution in [3.8, 4) is 0 Å². The molecule has 0 saturated carbocycles. The average molecular weight is 117 g/mol. The third kappa shape index (κ3) is 2.76. The Balaban J connectivity index is 3.16. The summed E-state index contributed by atoms with van der Waals surface area (Å²) in [5, 5.41) is 0. The molecule has 1 atom stereocenters. The third-order valence-corrected chi connectivity index (χ3v) is 1.88. The van der Waals surface area contributed by atoms with Crippen LogP contribution in [0.1, 0.15) is 19.8 Å². The fourth-order valence-electron chi connectivity index (χ4n) is 0.331. The molecule has 0 fully saturated rings. The SMILES string of the molecule is [CH2]CC(CC)P=O. The summed E-state index contributed by atoms with van der Waals surface area (Å²) in [5.74, 6) is 0. The van der Waals surface area contributed by atoms with E-state index in [9.17, 15) is 4.57 Å². The highest BCUT2D eigenvalue weighted by molar-refractivity contribution is 7.24. The zero-order chi connectivity index (χ0) is 5.70. The normalized spacial score (nSPS) is 10.7. The van der Waals surface area contributed by atoms with Crippen molar-refractivity contribution in [1.29, 1.82) is 0 Å². The molecular weight excluding hydrogens is 107 g/mol. The van der Waals surface area contributed by atoms with E-state index >= 15 is 0 Å². The van der Waals surface area contributed by atoms with Gasteiger partial charge in [0.1, 0.15) is 0 Å². The lowest BCUT2D eigenvalue weighted by atomic mass is 10.3. The smallest absolute Gasteiger partial charge is 0.158 e. The molecule has 0 aromatic rings. The van der Waals surface area contributed by atoms with Gasteiger partial charge in [-0.2, -0.15) is 0 Å². The summed E-state index contributed by atoms with van der Waals surface area (Å²) in [6.45, 7) is 5.64. The molecule has 7 heavy (non-hydrogen) atoms. The number of rotatable bonds is 3. The second-order valence-corrected chi connectivity index (χ2v) is 2.40. The molecule has 2 heteroatoms. The van der Waals surface area contributed by atoms with Gasteiger partial charge in [-0.1, -0.05) is 13.8 Å². The van der Waals surface area contributed by atoms with Gasteiger partial charge >= 0.3 is 0 Å². The van der Waals surface area contributed by atoms with E-state index < -0.39 is 0 Å². The third-order valence-electron chi connectivity index (χ3n) is 0.954. The van der Waals surface area contributed by atoms with Crippen LogP contribution < -0.4 is 0 Å². The standard InChI is InChI=1S/C5H10OP/c1-3-5(4-2)7-6/h5H,1,3-4H2,2H3. The van der Waals surface area contributed by atoms with Gasteiger partial charge < -0.3 is 0 Å². The maximum atomic E-state index is 10.0. The maximum Gasteiger partial charge on any atom is 0.158 e. The van der Waals surface area contributed by atoms with Crippen molar-refractivity contribution in [2.75, 3.05) is 0 Å². The van der Waals surface area contributed by atoms with Crippen LogP contribution in [0, 0.1) is 6.92 Å². The summed E-state index contributed by atoms with van der Waals surface area (Å²) in [4.78, 5) is 0. The highest BCUT2D eigenvalue weighted by Crippen LogP contribution is 2.12. The summed E-state index contributed by atoms with van der Waals surface area (Å²) in [6, 6.07) is 0. The second kappa shape index (κ2) is 4.26. The molecule has 41 valence electrons. The van der Waals surface area contributed by atoms with E-state index in [2.05, 4.69) is 6.92 Å². The predicted molar refractivity (Wildman–Crippen MR) is 31.7 cm³/mol. The predicted octanol–water partition coefficient (Wildman–Crippen LogP) is 2.28. The molecule has 0 N–H and O–H groups in total. The lowest BCUT2D eigenvalue weighted by molar-refractivity contribution is 0.588. The van der Waals surface area contributed by atoms with E-state index in [1.165, 1.54) is 0 Å². The van der Waals surface area contributed by atoms with E-state index in [0.29, 0.717) is 5.66 Å². The van der Waals surface area contributed by atoms with Crippen molar-refractivity contribution in [3.05, 3.63) is 6.92 Å². The Morgan fingerprint density at radius 3 is 2.43 bits per heavy atom. The second-order valence-electron chi connectivity index (χ2n) is 1.46. The fourth-order valence-corrected chi connectivity index (χ4v) is 0.586. The molecular formula is C5H10OP. The molecule has 0 rings (SSSR count). The Labute approximate surface area is 46.3 Å². The zero-order valence-electron chi connectivity index (χ0n) is 4.55. The van der Waals surface area contributed by atoms with E-state index in [-0.39, 0.29) is 8.46 Å². The van der Waals surface area contributed by atoms with Crippen LogP contribution in [0.15, 0.2) is 0 Å². The van der Waals surface area contributed by atoms with Gasteiger partial charge in [0.25, 0.3) is 0 Å². The first-order chi connectivity index (χ1) is 3.35. The van der Waals surface area contributed by atoms with Crippen molar-refractivity contribution in [3.63, 3.8) is 0 Å². The molecule has 1 radical (unpaired) electrons. The van der Waals surface area contributed by atoms with E-state index in [4.69, 9.17) is 0 Å². The van der Waals surface area contributed by atoms with Crippen LogP contribution in [0.4, 0.5) is 0 Å². The lowest BCUT2D eigenvalue weighted by Crippen LogP contribution is -1.90. The van der Waals surface area contributed by atoms with Crippen LogP contribution in [0.5, 0.6) is 0 Å². The van der Waals surface area contributed by atoms with Gasteiger partial charge in [-0.3, -0.25) is 4.57 Å². The summed E-state index contributed by atoms with van der Waals surface area (Å²) >= 11 is 0. The summed E-state index contributed by atoms with van der Waals surface area (Å²) < 4.78 is 10.0. The molecule has 0 aromatic carbocycles. The van der Waals surface area contributed by atoms with Crippen LogP contribution in [-0.2, 0) is 4.57 Å². The topological polar surface area (TPSA) is 17.1 Å². The molecule has 0 bridgehead atoms. The molecule has 0 aliphatic carbocycles. The van der Waals surface area contributed by atoms with E-state index in [0.717, 1.165) is 12.8 Å². The van der Waals surface area contributed by atoms with Crippen molar-refractivity contribution >= 4 is 8.46 Å². The Bertz CT molecular complexity index is 50.0. The Hall–Kier alpha value is 0.100. The molecule has 1 unspecified atom stereocenters. The van der Waals surface area contributed by atoms with Gasteiger partial charge in [-0.25, -0.2) is 0 Å². The van der Waals surface area contributed by atoms with E-state index in [1.807, 2.05) is 6.92 Å². The monoisotopic (exact) mass is 117 g/mol. The summed E-state index contributed by atoms with van der Waals surface area (Å²) in [5.41, 5.74) is 0.292. The van der Waals surface area contributed by atoms with Gasteiger partial charge in [0.15, 0.2) is 8.46 Å². The molecule has 0 aromatic heterocycles. The van der Waals surface area contributed by atoms with Gasteiger partial charge in [0.05, 0.1) is 0 Å². The molecule has 0 amide bonds. The Kier molecular flexibility index (Phi) is 4.32. The van der Waals surface area contributed by atoms with Crippen molar-refractivity contribution < 1.29 is 4.57 Å².